The van der Waals surface area contributed by atoms with Gasteiger partial charge in [-0.2, -0.15) is 0 Å². The molecule has 0 aliphatic carbocycles. The van der Waals surface area contributed by atoms with Crippen molar-refractivity contribution >= 4 is 0 Å². The SMILES string of the molecule is Cc1nc[c-]cn1.[CH3-].[Y]. The molecule has 0 unspecified atom stereocenters. The summed E-state index contributed by atoms with van der Waals surface area (Å²) in [6.07, 6.45) is 3.20. The number of hydrogen-bond donors (Lipinski definition) is 0. The smallest absolute Gasteiger partial charge is 0.118 e. The zero-order valence-corrected chi connectivity index (χ0v) is 8.46. The summed E-state index contributed by atoms with van der Waals surface area (Å²) in [7, 11) is 0. The summed E-state index contributed by atoms with van der Waals surface area (Å²) in [6, 6.07) is 2.71. The van der Waals surface area contributed by atoms with E-state index in [-0.39, 0.29) is 40.1 Å². The molecule has 0 atom stereocenters. The standard InChI is InChI=1S/C5H5N2.CH3.Y/c1-5-6-3-2-4-7-5;;/h3-4H,1H3;1H3;/q2*-1;. The van der Waals surface area contributed by atoms with Crippen LogP contribution in [0.2, 0.25) is 0 Å². The van der Waals surface area contributed by atoms with Crippen molar-refractivity contribution < 1.29 is 32.7 Å². The van der Waals surface area contributed by atoms with Gasteiger partial charge in [0.2, 0.25) is 0 Å². The second-order valence-corrected chi connectivity index (χ2v) is 1.23. The van der Waals surface area contributed by atoms with Crippen molar-refractivity contribution in [2.75, 3.05) is 0 Å². The van der Waals surface area contributed by atoms with E-state index in [9.17, 15) is 0 Å². The van der Waals surface area contributed by atoms with Gasteiger partial charge in [-0.3, -0.25) is 9.97 Å². The maximum Gasteiger partial charge on any atom is 0.118 e. The first-order chi connectivity index (χ1) is 3.39. The topological polar surface area (TPSA) is 25.8 Å². The van der Waals surface area contributed by atoms with E-state index in [4.69, 9.17) is 0 Å². The van der Waals surface area contributed by atoms with Crippen molar-refractivity contribution in [1.82, 2.24) is 9.97 Å². The summed E-state index contributed by atoms with van der Waals surface area (Å²) in [5.41, 5.74) is 0. The molecule has 1 aromatic rings. The number of rotatable bonds is 0. The molecule has 1 aromatic heterocycles. The number of hydrogen-bond acceptors (Lipinski definition) is 2. The molecule has 0 saturated carbocycles. The van der Waals surface area contributed by atoms with E-state index < -0.39 is 0 Å². The van der Waals surface area contributed by atoms with Gasteiger partial charge in [-0.15, -0.1) is 12.4 Å². The van der Waals surface area contributed by atoms with E-state index in [1.54, 1.807) is 12.4 Å². The molecular formula is C6H8N2Y-2. The molecule has 2 nitrogen and oxygen atoms in total. The van der Waals surface area contributed by atoms with Crippen LogP contribution in [0.15, 0.2) is 12.4 Å². The van der Waals surface area contributed by atoms with E-state index >= 15 is 0 Å². The molecule has 0 bridgehead atoms. The van der Waals surface area contributed by atoms with E-state index in [1.807, 2.05) is 6.92 Å². The van der Waals surface area contributed by atoms with Gasteiger partial charge >= 0.3 is 0 Å². The maximum atomic E-state index is 3.81. The van der Waals surface area contributed by atoms with Gasteiger partial charge in [0.05, 0.1) is 0 Å². The maximum absolute atomic E-state index is 3.81. The largest absolute Gasteiger partial charge is 0.434 e. The molecule has 3 heteroatoms. The Morgan fingerprint density at radius 1 is 1.33 bits per heavy atom. The number of aryl methyl sites for hydroxylation is 1. The van der Waals surface area contributed by atoms with Crippen molar-refractivity contribution in [1.29, 1.82) is 0 Å². The summed E-state index contributed by atoms with van der Waals surface area (Å²) in [5, 5.41) is 0. The first-order valence-electron chi connectivity index (χ1n) is 2.04. The van der Waals surface area contributed by atoms with Gasteiger partial charge in [0.15, 0.2) is 0 Å². The predicted octanol–water partition coefficient (Wildman–Crippen LogP) is 1.03. The van der Waals surface area contributed by atoms with Crippen LogP contribution < -0.4 is 0 Å². The minimum Gasteiger partial charge on any atom is -0.434 e. The molecular weight excluding hydrogens is 189 g/mol. The molecule has 0 N–H and O–H groups in total. The zero-order valence-electron chi connectivity index (χ0n) is 5.63. The molecule has 1 radical (unpaired) electrons. The molecule has 1 heterocycles. The second-order valence-electron chi connectivity index (χ2n) is 1.23. The van der Waals surface area contributed by atoms with Crippen LogP contribution in [-0.4, -0.2) is 9.97 Å². The second kappa shape index (κ2) is 6.31. The van der Waals surface area contributed by atoms with Crippen LogP contribution >= 0.6 is 0 Å². The third kappa shape index (κ3) is 4.67. The molecule has 47 valence electrons. The Kier molecular flexibility index (Phi) is 8.35. The van der Waals surface area contributed by atoms with Crippen molar-refractivity contribution in [2.24, 2.45) is 0 Å². The number of nitrogens with zero attached hydrogens (tertiary/aromatic N) is 2. The molecule has 0 amide bonds. The molecule has 0 aliphatic heterocycles. The monoisotopic (exact) mass is 197 g/mol. The Morgan fingerprint density at radius 2 is 1.78 bits per heavy atom. The van der Waals surface area contributed by atoms with Gasteiger partial charge in [0.1, 0.15) is 5.82 Å². The normalized spacial score (nSPS) is 6.78. The Bertz CT molecular complexity index is 141. The van der Waals surface area contributed by atoms with Gasteiger partial charge in [0, 0.05) is 32.7 Å². The van der Waals surface area contributed by atoms with E-state index in [0.717, 1.165) is 5.82 Å². The average Bonchev–Trinajstić information content (AvgIpc) is 1.69. The van der Waals surface area contributed by atoms with Crippen molar-refractivity contribution in [2.45, 2.75) is 6.92 Å². The average molecular weight is 197 g/mol. The molecule has 9 heavy (non-hydrogen) atoms. The Balaban J connectivity index is 0. The summed E-state index contributed by atoms with van der Waals surface area (Å²) in [5.74, 6) is 0.791. The van der Waals surface area contributed by atoms with Crippen LogP contribution in [0.5, 0.6) is 0 Å². The number of aromatic nitrogens is 2. The minimum absolute atomic E-state index is 0. The minimum atomic E-state index is 0. The van der Waals surface area contributed by atoms with Gasteiger partial charge < -0.3 is 13.5 Å². The fourth-order valence-corrected chi connectivity index (χ4v) is 0.328. The fourth-order valence-electron chi connectivity index (χ4n) is 0.328. The fraction of sp³-hybridized carbons (Fsp3) is 0.167. The van der Waals surface area contributed by atoms with Crippen molar-refractivity contribution in [3.63, 3.8) is 0 Å². The van der Waals surface area contributed by atoms with Gasteiger partial charge in [-0.05, 0) is 6.92 Å². The summed E-state index contributed by atoms with van der Waals surface area (Å²) >= 11 is 0. The van der Waals surface area contributed by atoms with Gasteiger partial charge in [0.25, 0.3) is 0 Å². The quantitative estimate of drug-likeness (QED) is 0.580. The summed E-state index contributed by atoms with van der Waals surface area (Å²) in [4.78, 5) is 7.62. The molecule has 0 aliphatic rings. The first-order valence-corrected chi connectivity index (χ1v) is 2.04. The first kappa shape index (κ1) is 11.9. The molecule has 1 rings (SSSR count). The molecule has 0 aromatic carbocycles. The Labute approximate surface area is 81.0 Å². The van der Waals surface area contributed by atoms with Crippen LogP contribution in [0.4, 0.5) is 0 Å². The zero-order chi connectivity index (χ0) is 5.11. The van der Waals surface area contributed by atoms with Gasteiger partial charge in [-0.25, -0.2) is 0 Å². The van der Waals surface area contributed by atoms with Crippen molar-refractivity contribution in [3.05, 3.63) is 31.7 Å². The molecule has 0 spiro atoms. The van der Waals surface area contributed by atoms with E-state index in [2.05, 4.69) is 16.0 Å². The third-order valence-electron chi connectivity index (χ3n) is 0.652. The van der Waals surface area contributed by atoms with Crippen LogP contribution in [0, 0.1) is 20.4 Å². The van der Waals surface area contributed by atoms with Gasteiger partial charge in [-0.1, -0.05) is 0 Å². The van der Waals surface area contributed by atoms with E-state index in [0.29, 0.717) is 0 Å². The Morgan fingerprint density at radius 3 is 2.00 bits per heavy atom. The van der Waals surface area contributed by atoms with Crippen LogP contribution in [0.3, 0.4) is 0 Å². The summed E-state index contributed by atoms with van der Waals surface area (Å²) < 4.78 is 0. The van der Waals surface area contributed by atoms with Crippen LogP contribution in [-0.2, 0) is 32.7 Å². The third-order valence-corrected chi connectivity index (χ3v) is 0.652. The van der Waals surface area contributed by atoms with Crippen molar-refractivity contribution in [3.8, 4) is 0 Å². The molecule has 0 saturated heterocycles. The predicted molar refractivity (Wildman–Crippen MR) is 32.0 cm³/mol. The molecule has 0 fully saturated rings. The summed E-state index contributed by atoms with van der Waals surface area (Å²) in [6.45, 7) is 1.84. The van der Waals surface area contributed by atoms with Crippen LogP contribution in [0.1, 0.15) is 5.82 Å². The van der Waals surface area contributed by atoms with E-state index in [1.165, 1.54) is 0 Å². The Hall–Kier alpha value is 0.184. The van der Waals surface area contributed by atoms with Crippen LogP contribution in [0.25, 0.3) is 0 Å².